The second-order valence-electron chi connectivity index (χ2n) is 8.69. The largest absolute Gasteiger partial charge is 0.454 e. The Morgan fingerprint density at radius 2 is 1.75 bits per heavy atom. The van der Waals surface area contributed by atoms with Gasteiger partial charge in [-0.05, 0) is 55.5 Å². The Hall–Kier alpha value is -4.32. The minimum atomic E-state index is -4.50. The highest BCUT2D eigenvalue weighted by atomic mass is 19.4. The molecular weight excluding hydrogens is 469 g/mol. The fourth-order valence-electron chi connectivity index (χ4n) is 4.33. The van der Waals surface area contributed by atoms with Crippen LogP contribution in [0.4, 0.5) is 18.9 Å². The Morgan fingerprint density at radius 3 is 2.47 bits per heavy atom. The van der Waals surface area contributed by atoms with E-state index < -0.39 is 11.7 Å². The van der Waals surface area contributed by atoms with Crippen molar-refractivity contribution >= 4 is 17.4 Å². The summed E-state index contributed by atoms with van der Waals surface area (Å²) in [6.45, 7) is 3.58. The molecule has 0 radical (unpaired) electrons. The number of nitrogens with zero attached hydrogens (tertiary/aromatic N) is 4. The molecule has 0 bridgehead atoms. The van der Waals surface area contributed by atoms with Crippen LogP contribution in [0.15, 0.2) is 65.7 Å². The van der Waals surface area contributed by atoms with Gasteiger partial charge in [-0.2, -0.15) is 18.4 Å². The third-order valence-electron chi connectivity index (χ3n) is 6.21. The van der Waals surface area contributed by atoms with Gasteiger partial charge in [0.05, 0.1) is 22.8 Å². The van der Waals surface area contributed by atoms with Gasteiger partial charge in [-0.15, -0.1) is 0 Å². The number of nitriles is 1. The predicted octanol–water partition coefficient (Wildman–Crippen LogP) is 5.53. The zero-order valence-electron chi connectivity index (χ0n) is 19.3. The quantitative estimate of drug-likeness (QED) is 0.450. The van der Waals surface area contributed by atoms with Crippen LogP contribution >= 0.6 is 0 Å². The molecule has 0 saturated carbocycles. The number of ether oxygens (including phenoxy) is 1. The van der Waals surface area contributed by atoms with E-state index in [1.807, 2.05) is 30.0 Å². The van der Waals surface area contributed by atoms with E-state index in [1.54, 1.807) is 35.2 Å². The maximum Gasteiger partial charge on any atom is 0.416 e. The van der Waals surface area contributed by atoms with Gasteiger partial charge in [-0.1, -0.05) is 17.7 Å². The van der Waals surface area contributed by atoms with Gasteiger partial charge in [0.2, 0.25) is 0 Å². The van der Waals surface area contributed by atoms with Crippen LogP contribution in [0.25, 0.3) is 0 Å². The van der Waals surface area contributed by atoms with Gasteiger partial charge in [0.25, 0.3) is 5.91 Å². The van der Waals surface area contributed by atoms with Gasteiger partial charge in [0.15, 0.2) is 5.75 Å². The molecule has 0 aliphatic carbocycles. The summed E-state index contributed by atoms with van der Waals surface area (Å²) in [7, 11) is 0. The van der Waals surface area contributed by atoms with Crippen molar-refractivity contribution in [2.75, 3.05) is 26.2 Å². The van der Waals surface area contributed by atoms with Gasteiger partial charge >= 0.3 is 6.18 Å². The molecule has 2 heterocycles. The number of hydrogen-bond acceptors (Lipinski definition) is 5. The fourth-order valence-corrected chi connectivity index (χ4v) is 4.33. The summed E-state index contributed by atoms with van der Waals surface area (Å²) in [6.07, 6.45) is -4.50. The third kappa shape index (κ3) is 4.50. The molecule has 2 aliphatic rings. The number of hydrogen-bond donors (Lipinski definition) is 0. The van der Waals surface area contributed by atoms with E-state index in [9.17, 15) is 18.0 Å². The number of benzene rings is 3. The van der Waals surface area contributed by atoms with Gasteiger partial charge in [0.1, 0.15) is 17.3 Å². The first-order valence-corrected chi connectivity index (χ1v) is 11.4. The van der Waals surface area contributed by atoms with Crippen molar-refractivity contribution in [1.82, 2.24) is 9.80 Å². The smallest absolute Gasteiger partial charge is 0.416 e. The summed E-state index contributed by atoms with van der Waals surface area (Å²) in [5, 5.41) is 9.12. The molecule has 6 nitrogen and oxygen atoms in total. The van der Waals surface area contributed by atoms with Gasteiger partial charge < -0.3 is 14.5 Å². The summed E-state index contributed by atoms with van der Waals surface area (Å²) in [5.74, 6) is 1.08. The number of aliphatic imine (C=N–C) groups is 1. The Morgan fingerprint density at radius 1 is 1.00 bits per heavy atom. The molecule has 0 unspecified atom stereocenters. The highest BCUT2D eigenvalue weighted by molar-refractivity contribution is 6.04. The van der Waals surface area contributed by atoms with Crippen molar-refractivity contribution in [1.29, 1.82) is 5.26 Å². The van der Waals surface area contributed by atoms with E-state index in [1.165, 1.54) is 6.07 Å². The lowest BCUT2D eigenvalue weighted by Gasteiger charge is -2.36. The summed E-state index contributed by atoms with van der Waals surface area (Å²) >= 11 is 0. The topological polar surface area (TPSA) is 68.9 Å². The lowest BCUT2D eigenvalue weighted by atomic mass is 10.1. The molecule has 0 atom stereocenters. The number of carbonyl (C=O) groups excluding carboxylic acids is 1. The lowest BCUT2D eigenvalue weighted by Crippen LogP contribution is -2.50. The molecule has 182 valence electrons. The molecule has 2 aliphatic heterocycles. The van der Waals surface area contributed by atoms with Crippen molar-refractivity contribution in [2.45, 2.75) is 13.1 Å². The number of amidine groups is 1. The SMILES string of the molecule is Cc1ccc2c(c1)C(N1CCN(C(=O)c3cccc(C#N)c3)CC1)=Nc1cc(C(F)(F)F)ccc1O2. The number of fused-ring (bicyclic) bond motifs is 2. The fraction of sp³-hybridized carbons (Fsp3) is 0.222. The van der Waals surface area contributed by atoms with Crippen LogP contribution < -0.4 is 4.74 Å². The lowest BCUT2D eigenvalue weighted by molar-refractivity contribution is -0.137. The number of halogens is 3. The van der Waals surface area contributed by atoms with Gasteiger partial charge in [-0.3, -0.25) is 4.79 Å². The second kappa shape index (κ2) is 9.04. The molecule has 1 fully saturated rings. The predicted molar refractivity (Wildman–Crippen MR) is 128 cm³/mol. The minimum absolute atomic E-state index is 0.0977. The van der Waals surface area contributed by atoms with E-state index in [0.717, 1.165) is 17.7 Å². The molecule has 3 aromatic carbocycles. The van der Waals surface area contributed by atoms with E-state index >= 15 is 0 Å². The molecule has 3 aromatic rings. The molecule has 5 rings (SSSR count). The van der Waals surface area contributed by atoms with E-state index in [0.29, 0.717) is 54.5 Å². The number of carbonyl (C=O) groups is 1. The first-order chi connectivity index (χ1) is 17.2. The number of alkyl halides is 3. The number of aryl methyl sites for hydroxylation is 1. The van der Waals surface area contributed by atoms with Crippen molar-refractivity contribution in [3.63, 3.8) is 0 Å². The Bertz CT molecular complexity index is 1420. The summed E-state index contributed by atoms with van der Waals surface area (Å²) in [6, 6.07) is 17.4. The number of amides is 1. The summed E-state index contributed by atoms with van der Waals surface area (Å²) < 4.78 is 46.1. The molecular formula is C27H21F3N4O2. The average Bonchev–Trinajstić information content (AvgIpc) is 3.04. The van der Waals surface area contributed by atoms with Crippen LogP contribution in [0.1, 0.15) is 32.6 Å². The van der Waals surface area contributed by atoms with E-state index in [2.05, 4.69) is 4.99 Å². The Balaban J connectivity index is 1.46. The zero-order chi connectivity index (χ0) is 25.4. The maximum absolute atomic E-state index is 13.4. The van der Waals surface area contributed by atoms with Crippen LogP contribution in [-0.4, -0.2) is 47.7 Å². The Kier molecular flexibility index (Phi) is 5.88. The van der Waals surface area contributed by atoms with Crippen molar-refractivity contribution in [3.05, 3.63) is 88.5 Å². The monoisotopic (exact) mass is 490 g/mol. The van der Waals surface area contributed by atoms with Crippen molar-refractivity contribution < 1.29 is 22.7 Å². The molecule has 1 saturated heterocycles. The zero-order valence-corrected chi connectivity index (χ0v) is 19.3. The first kappa shape index (κ1) is 23.4. The first-order valence-electron chi connectivity index (χ1n) is 11.4. The van der Waals surface area contributed by atoms with E-state index in [4.69, 9.17) is 10.00 Å². The third-order valence-corrected chi connectivity index (χ3v) is 6.21. The number of piperazine rings is 1. The van der Waals surface area contributed by atoms with Crippen LogP contribution in [0.2, 0.25) is 0 Å². The van der Waals surface area contributed by atoms with Gasteiger partial charge in [0, 0.05) is 31.7 Å². The van der Waals surface area contributed by atoms with Crippen molar-refractivity contribution in [3.8, 4) is 17.6 Å². The number of rotatable bonds is 1. The molecule has 0 N–H and O–H groups in total. The van der Waals surface area contributed by atoms with Crippen LogP contribution in [0.3, 0.4) is 0 Å². The second-order valence-corrected chi connectivity index (χ2v) is 8.69. The van der Waals surface area contributed by atoms with Crippen LogP contribution in [-0.2, 0) is 6.18 Å². The van der Waals surface area contributed by atoms with Crippen molar-refractivity contribution in [2.24, 2.45) is 4.99 Å². The highest BCUT2D eigenvalue weighted by Gasteiger charge is 2.33. The summed E-state index contributed by atoms with van der Waals surface area (Å²) in [4.78, 5) is 21.3. The molecule has 9 heteroatoms. The normalized spacial score (nSPS) is 15.1. The molecule has 0 aromatic heterocycles. The van der Waals surface area contributed by atoms with Crippen LogP contribution in [0.5, 0.6) is 11.5 Å². The molecule has 36 heavy (non-hydrogen) atoms. The summed E-state index contributed by atoms with van der Waals surface area (Å²) in [5.41, 5.74) is 1.79. The minimum Gasteiger partial charge on any atom is -0.454 e. The van der Waals surface area contributed by atoms with Crippen LogP contribution in [0, 0.1) is 18.3 Å². The maximum atomic E-state index is 13.4. The average molecular weight is 490 g/mol. The Labute approximate surface area is 205 Å². The van der Waals surface area contributed by atoms with E-state index in [-0.39, 0.29) is 17.3 Å². The molecule has 0 spiro atoms. The standard InChI is InChI=1S/C27H21F3N4O2/c1-17-5-7-23-21(13-17)25(32-22-15-20(27(28,29)30)6-8-24(22)36-23)33-9-11-34(12-10-33)26(35)19-4-2-3-18(14-19)16-31/h2-8,13-15H,9-12H2,1H3. The highest BCUT2D eigenvalue weighted by Crippen LogP contribution is 2.42. The molecule has 1 amide bonds. The van der Waals surface area contributed by atoms with Gasteiger partial charge in [-0.25, -0.2) is 4.99 Å².